The zero-order valence-corrected chi connectivity index (χ0v) is 20.6. The average molecular weight is 539 g/mol. The summed E-state index contributed by atoms with van der Waals surface area (Å²) in [6, 6.07) is 15.1. The fourth-order valence-corrected chi connectivity index (χ4v) is 4.26. The minimum Gasteiger partial charge on any atom is -0.489 e. The molecular formula is C28H22F4N4O3. The lowest BCUT2D eigenvalue weighted by atomic mass is 9.80. The highest BCUT2D eigenvalue weighted by Gasteiger charge is 2.42. The molecule has 3 aromatic carbocycles. The fraction of sp³-hybridized carbons (Fsp3) is 0.179. The van der Waals surface area contributed by atoms with Crippen molar-refractivity contribution >= 4 is 0 Å². The van der Waals surface area contributed by atoms with E-state index in [1.165, 1.54) is 35.5 Å². The molecule has 0 unspecified atom stereocenters. The normalized spacial score (nSPS) is 13.7. The van der Waals surface area contributed by atoms with Crippen LogP contribution in [0.4, 0.5) is 17.6 Å². The van der Waals surface area contributed by atoms with Crippen molar-refractivity contribution in [3.05, 3.63) is 120 Å². The summed E-state index contributed by atoms with van der Waals surface area (Å²) in [5, 5.41) is 19.8. The van der Waals surface area contributed by atoms with Gasteiger partial charge in [0.1, 0.15) is 53.7 Å². The van der Waals surface area contributed by atoms with Gasteiger partial charge >= 0.3 is 0 Å². The summed E-state index contributed by atoms with van der Waals surface area (Å²) < 4.78 is 68.1. The number of hydrogen-bond donors (Lipinski definition) is 1. The third-order valence-electron chi connectivity index (χ3n) is 6.51. The summed E-state index contributed by atoms with van der Waals surface area (Å²) in [5.41, 5.74) is -0.866. The molecule has 11 heteroatoms. The first-order chi connectivity index (χ1) is 18.7. The highest BCUT2D eigenvalue weighted by atomic mass is 19.2. The third kappa shape index (κ3) is 5.39. The molecule has 5 aromatic rings. The van der Waals surface area contributed by atoms with Gasteiger partial charge in [-0.1, -0.05) is 30.3 Å². The van der Waals surface area contributed by atoms with E-state index in [0.717, 1.165) is 12.1 Å². The van der Waals surface area contributed by atoms with Crippen LogP contribution in [0.3, 0.4) is 0 Å². The molecule has 0 aliphatic rings. The molecule has 2 aromatic heterocycles. The Balaban J connectivity index is 1.36. The van der Waals surface area contributed by atoms with Crippen LogP contribution in [-0.2, 0) is 18.8 Å². The number of hydrogen-bond acceptors (Lipinski definition) is 6. The largest absolute Gasteiger partial charge is 0.489 e. The summed E-state index contributed by atoms with van der Waals surface area (Å²) in [4.78, 5) is 3.86. The Labute approximate surface area is 220 Å². The van der Waals surface area contributed by atoms with E-state index in [0.29, 0.717) is 23.1 Å². The molecule has 0 saturated heterocycles. The van der Waals surface area contributed by atoms with Gasteiger partial charge in [0, 0.05) is 28.8 Å². The molecule has 0 aliphatic carbocycles. The van der Waals surface area contributed by atoms with E-state index < -0.39 is 34.8 Å². The fourth-order valence-electron chi connectivity index (χ4n) is 4.26. The highest BCUT2D eigenvalue weighted by molar-refractivity contribution is 5.60. The first kappa shape index (κ1) is 26.1. The van der Waals surface area contributed by atoms with Gasteiger partial charge < -0.3 is 14.4 Å². The second kappa shape index (κ2) is 10.7. The number of nitrogens with zero attached hydrogens (tertiary/aromatic N) is 4. The van der Waals surface area contributed by atoms with Crippen molar-refractivity contribution in [2.24, 2.45) is 0 Å². The monoisotopic (exact) mass is 538 g/mol. The lowest BCUT2D eigenvalue weighted by Crippen LogP contribution is -2.38. The average Bonchev–Trinajstić information content (AvgIpc) is 3.62. The Morgan fingerprint density at radius 1 is 1.00 bits per heavy atom. The number of halogens is 4. The van der Waals surface area contributed by atoms with Crippen LogP contribution in [0.25, 0.3) is 11.3 Å². The minimum atomic E-state index is -1.90. The maximum atomic E-state index is 14.8. The first-order valence-electron chi connectivity index (χ1n) is 11.9. The van der Waals surface area contributed by atoms with Crippen LogP contribution in [0.1, 0.15) is 29.7 Å². The quantitative estimate of drug-likeness (QED) is 0.240. The lowest BCUT2D eigenvalue weighted by molar-refractivity contribution is -0.0181. The van der Waals surface area contributed by atoms with Crippen molar-refractivity contribution in [3.63, 3.8) is 0 Å². The second-order valence-electron chi connectivity index (χ2n) is 9.00. The predicted octanol–water partition coefficient (Wildman–Crippen LogP) is 5.76. The van der Waals surface area contributed by atoms with Crippen molar-refractivity contribution in [1.82, 2.24) is 19.9 Å². The minimum absolute atomic E-state index is 0.0881. The highest BCUT2D eigenvalue weighted by Crippen LogP contribution is 2.40. The van der Waals surface area contributed by atoms with Gasteiger partial charge in [0.25, 0.3) is 0 Å². The zero-order valence-electron chi connectivity index (χ0n) is 20.6. The van der Waals surface area contributed by atoms with Crippen LogP contribution in [0.2, 0.25) is 0 Å². The topological polar surface area (TPSA) is 86.2 Å². The van der Waals surface area contributed by atoms with Gasteiger partial charge in [-0.05, 0) is 36.4 Å². The summed E-state index contributed by atoms with van der Waals surface area (Å²) in [7, 11) is 0. The van der Waals surface area contributed by atoms with Crippen molar-refractivity contribution in [2.75, 3.05) is 0 Å². The molecule has 200 valence electrons. The van der Waals surface area contributed by atoms with Gasteiger partial charge in [-0.25, -0.2) is 27.2 Å². The molecule has 5 rings (SSSR count). The molecular weight excluding hydrogens is 516 g/mol. The van der Waals surface area contributed by atoms with Crippen LogP contribution < -0.4 is 4.74 Å². The van der Waals surface area contributed by atoms with Gasteiger partial charge in [-0.15, -0.1) is 0 Å². The third-order valence-corrected chi connectivity index (χ3v) is 6.51. The van der Waals surface area contributed by atoms with E-state index in [4.69, 9.17) is 9.26 Å². The smallest absolute Gasteiger partial charge is 0.165 e. The molecule has 7 nitrogen and oxygen atoms in total. The molecule has 2 heterocycles. The van der Waals surface area contributed by atoms with E-state index in [1.807, 2.05) is 0 Å². The SMILES string of the molecule is C[C@@H](c1cc(-c2ccc(OCc3cccc(F)c3F)cc2)no1)[C@](O)(Cn1cncn1)c1ccc(F)cc1F. The maximum absolute atomic E-state index is 14.8. The van der Waals surface area contributed by atoms with Crippen LogP contribution >= 0.6 is 0 Å². The van der Waals surface area contributed by atoms with Crippen molar-refractivity contribution in [1.29, 1.82) is 0 Å². The molecule has 0 aliphatic heterocycles. The molecule has 0 fully saturated rings. The van der Waals surface area contributed by atoms with Crippen molar-refractivity contribution in [2.45, 2.75) is 31.6 Å². The Kier molecular flexibility index (Phi) is 7.16. The summed E-state index contributed by atoms with van der Waals surface area (Å²) in [6.07, 6.45) is 2.65. The Morgan fingerprint density at radius 2 is 1.79 bits per heavy atom. The number of benzene rings is 3. The lowest BCUT2D eigenvalue weighted by Gasteiger charge is -2.33. The van der Waals surface area contributed by atoms with Gasteiger partial charge in [-0.2, -0.15) is 5.10 Å². The van der Waals surface area contributed by atoms with Crippen LogP contribution in [-0.4, -0.2) is 25.0 Å². The van der Waals surface area contributed by atoms with E-state index in [1.54, 1.807) is 37.3 Å². The second-order valence-corrected chi connectivity index (χ2v) is 9.00. The maximum Gasteiger partial charge on any atom is 0.165 e. The molecule has 0 bridgehead atoms. The molecule has 0 amide bonds. The standard InChI is InChI=1S/C28H22F4N4O3/c1-17(28(37,14-36-16-33-15-34-36)22-10-7-20(29)11-24(22)31)26-12-25(35-39-26)18-5-8-21(9-6-18)38-13-19-3-2-4-23(30)27(19)32/h2-12,15-17,37H,13-14H2,1H3/t17-,28+/m0/s1. The zero-order chi connectivity index (χ0) is 27.6. The van der Waals surface area contributed by atoms with Crippen LogP contribution in [0.15, 0.2) is 83.9 Å². The molecule has 0 radical (unpaired) electrons. The van der Waals surface area contributed by atoms with E-state index in [2.05, 4.69) is 15.2 Å². The van der Waals surface area contributed by atoms with E-state index in [-0.39, 0.29) is 30.0 Å². The predicted molar refractivity (Wildman–Crippen MR) is 131 cm³/mol. The number of aromatic nitrogens is 4. The Bertz CT molecular complexity index is 1570. The Morgan fingerprint density at radius 3 is 2.51 bits per heavy atom. The molecule has 1 N–H and O–H groups in total. The van der Waals surface area contributed by atoms with Crippen molar-refractivity contribution in [3.8, 4) is 17.0 Å². The molecule has 39 heavy (non-hydrogen) atoms. The number of aliphatic hydroxyl groups is 1. The summed E-state index contributed by atoms with van der Waals surface area (Å²) in [6.45, 7) is 1.29. The van der Waals surface area contributed by atoms with Gasteiger partial charge in [0.15, 0.2) is 11.6 Å². The first-order valence-corrected chi connectivity index (χ1v) is 11.9. The molecule has 0 spiro atoms. The van der Waals surface area contributed by atoms with Crippen LogP contribution in [0, 0.1) is 23.3 Å². The summed E-state index contributed by atoms with van der Waals surface area (Å²) >= 11 is 0. The summed E-state index contributed by atoms with van der Waals surface area (Å²) in [5.74, 6) is -3.76. The number of rotatable bonds is 9. The van der Waals surface area contributed by atoms with Crippen LogP contribution in [0.5, 0.6) is 5.75 Å². The van der Waals surface area contributed by atoms with Gasteiger partial charge in [0.2, 0.25) is 0 Å². The van der Waals surface area contributed by atoms with E-state index >= 15 is 0 Å². The van der Waals surface area contributed by atoms with Gasteiger partial charge in [-0.3, -0.25) is 0 Å². The molecule has 2 atom stereocenters. The Hall–Kier alpha value is -4.51. The van der Waals surface area contributed by atoms with Crippen molar-refractivity contribution < 1.29 is 31.9 Å². The molecule has 0 saturated carbocycles. The van der Waals surface area contributed by atoms with Gasteiger partial charge in [0.05, 0.1) is 12.5 Å². The number of ether oxygens (including phenoxy) is 1. The van der Waals surface area contributed by atoms with E-state index in [9.17, 15) is 22.7 Å².